The molecule has 1 fully saturated rings. The van der Waals surface area contributed by atoms with Crippen LogP contribution in [0.3, 0.4) is 0 Å². The van der Waals surface area contributed by atoms with Gasteiger partial charge in [0.2, 0.25) is 5.69 Å². The molecule has 1 saturated heterocycles. The van der Waals surface area contributed by atoms with Crippen LogP contribution in [0.25, 0.3) is 0 Å². The summed E-state index contributed by atoms with van der Waals surface area (Å²) < 4.78 is 12.1. The first-order chi connectivity index (χ1) is 13.1. The third-order valence-electron chi connectivity index (χ3n) is 4.32. The average Bonchev–Trinajstić information content (AvgIpc) is 2.60. The summed E-state index contributed by atoms with van der Waals surface area (Å²) >= 11 is 3.42. The lowest BCUT2D eigenvalue weighted by atomic mass is 10.2. The number of rotatable bonds is 3. The normalized spacial score (nSPS) is 16.3. The highest BCUT2D eigenvalue weighted by Crippen LogP contribution is 2.22. The first-order valence-corrected chi connectivity index (χ1v) is 10.0. The number of carbonyl (C=O) groups is 1. The number of pyridine rings is 1. The average molecular weight is 454 g/mol. The molecule has 1 atom stereocenters. The highest BCUT2D eigenvalue weighted by Gasteiger charge is 2.25. The van der Waals surface area contributed by atoms with Crippen LogP contribution in [-0.4, -0.2) is 61.3 Å². The minimum Gasteiger partial charge on any atom is -0.618 e. The fraction of sp³-hybridized carbons (Fsp3) is 0.600. The van der Waals surface area contributed by atoms with Crippen LogP contribution in [-0.2, 0) is 9.47 Å². The molecule has 28 heavy (non-hydrogen) atoms. The van der Waals surface area contributed by atoms with Crippen molar-refractivity contribution in [1.82, 2.24) is 9.80 Å². The SMILES string of the molecule is CO[C@@H](C)c1c(Br)cc(C#CCN2CCN(C(=O)OC(C)(C)C)CC2)c[n+]1[O-]. The van der Waals surface area contributed by atoms with E-state index in [1.165, 1.54) is 6.20 Å². The van der Waals surface area contributed by atoms with Gasteiger partial charge < -0.3 is 19.6 Å². The second kappa shape index (κ2) is 9.59. The lowest BCUT2D eigenvalue weighted by molar-refractivity contribution is -0.619. The number of ether oxygens (including phenoxy) is 2. The Labute approximate surface area is 175 Å². The predicted molar refractivity (Wildman–Crippen MR) is 110 cm³/mol. The summed E-state index contributed by atoms with van der Waals surface area (Å²) in [4.78, 5) is 16.0. The molecule has 0 spiro atoms. The Bertz CT molecular complexity index is 736. The monoisotopic (exact) mass is 453 g/mol. The Morgan fingerprint density at radius 3 is 2.54 bits per heavy atom. The Kier molecular flexibility index (Phi) is 7.70. The first-order valence-electron chi connectivity index (χ1n) is 9.25. The molecular weight excluding hydrogens is 426 g/mol. The molecule has 7 nitrogen and oxygen atoms in total. The molecule has 1 aromatic rings. The van der Waals surface area contributed by atoms with E-state index in [0.717, 1.165) is 17.8 Å². The summed E-state index contributed by atoms with van der Waals surface area (Å²) in [5, 5.41) is 12.2. The van der Waals surface area contributed by atoms with Crippen molar-refractivity contribution < 1.29 is 19.0 Å². The highest BCUT2D eigenvalue weighted by atomic mass is 79.9. The number of hydrogen-bond donors (Lipinski definition) is 0. The molecular formula is C20H28BrN3O4. The van der Waals surface area contributed by atoms with Gasteiger partial charge in [0, 0.05) is 33.3 Å². The van der Waals surface area contributed by atoms with Crippen molar-refractivity contribution in [3.63, 3.8) is 0 Å². The number of nitrogens with zero attached hydrogens (tertiary/aromatic N) is 3. The molecule has 2 heterocycles. The summed E-state index contributed by atoms with van der Waals surface area (Å²) in [5.74, 6) is 6.14. The highest BCUT2D eigenvalue weighted by molar-refractivity contribution is 9.10. The zero-order valence-electron chi connectivity index (χ0n) is 17.1. The summed E-state index contributed by atoms with van der Waals surface area (Å²) in [5.41, 5.74) is 0.677. The third-order valence-corrected chi connectivity index (χ3v) is 4.95. The predicted octanol–water partition coefficient (Wildman–Crippen LogP) is 2.69. The van der Waals surface area contributed by atoms with E-state index in [4.69, 9.17) is 9.47 Å². The van der Waals surface area contributed by atoms with Crippen LogP contribution >= 0.6 is 15.9 Å². The number of hydrogen-bond acceptors (Lipinski definition) is 5. The molecule has 1 aliphatic heterocycles. The fourth-order valence-corrected chi connectivity index (χ4v) is 3.51. The van der Waals surface area contributed by atoms with Crippen LogP contribution < -0.4 is 4.73 Å². The zero-order valence-corrected chi connectivity index (χ0v) is 18.7. The molecule has 1 aromatic heterocycles. The molecule has 1 aliphatic rings. The van der Waals surface area contributed by atoms with E-state index in [2.05, 4.69) is 32.7 Å². The van der Waals surface area contributed by atoms with Crippen molar-refractivity contribution in [1.29, 1.82) is 0 Å². The Morgan fingerprint density at radius 1 is 1.36 bits per heavy atom. The van der Waals surface area contributed by atoms with Gasteiger partial charge >= 0.3 is 6.09 Å². The molecule has 2 rings (SSSR count). The topological polar surface area (TPSA) is 69.0 Å². The van der Waals surface area contributed by atoms with Gasteiger partial charge in [0.05, 0.1) is 16.6 Å². The molecule has 0 aliphatic carbocycles. The maximum absolute atomic E-state index is 12.2. The Balaban J connectivity index is 1.90. The first kappa shape index (κ1) is 22.5. The van der Waals surface area contributed by atoms with Gasteiger partial charge in [0.15, 0.2) is 6.20 Å². The standard InChI is InChI=1S/C20H28BrN3O4/c1-15(27-5)18-17(21)13-16(14-24(18)26)7-6-8-22-9-11-23(12-10-22)19(25)28-20(2,3)4/h13-15H,8-12H2,1-5H3/t15-/m0/s1. The summed E-state index contributed by atoms with van der Waals surface area (Å²) in [6.07, 6.45) is 0.881. The number of piperazine rings is 1. The summed E-state index contributed by atoms with van der Waals surface area (Å²) in [6, 6.07) is 1.83. The number of methoxy groups -OCH3 is 1. The third kappa shape index (κ3) is 6.36. The second-order valence-corrected chi connectivity index (χ2v) is 8.57. The number of halogens is 1. The molecule has 154 valence electrons. The molecule has 0 bridgehead atoms. The Morgan fingerprint density at radius 2 is 2.00 bits per heavy atom. The minimum atomic E-state index is -0.483. The minimum absolute atomic E-state index is 0.270. The van der Waals surface area contributed by atoms with Crippen LogP contribution in [0.1, 0.15) is 45.1 Å². The zero-order chi connectivity index (χ0) is 20.9. The summed E-state index contributed by atoms with van der Waals surface area (Å²) in [7, 11) is 1.56. The van der Waals surface area contributed by atoms with Gasteiger partial charge in [0.1, 0.15) is 11.7 Å². The van der Waals surface area contributed by atoms with E-state index in [9.17, 15) is 10.0 Å². The van der Waals surface area contributed by atoms with Gasteiger partial charge in [-0.3, -0.25) is 4.90 Å². The van der Waals surface area contributed by atoms with E-state index in [1.807, 2.05) is 33.8 Å². The van der Waals surface area contributed by atoms with Gasteiger partial charge in [0.25, 0.3) is 0 Å². The number of carbonyl (C=O) groups excluding carboxylic acids is 1. The number of aromatic nitrogens is 1. The Hall–Kier alpha value is -1.82. The lowest BCUT2D eigenvalue weighted by Gasteiger charge is -2.34. The van der Waals surface area contributed by atoms with Gasteiger partial charge in [-0.05, 0) is 49.7 Å². The summed E-state index contributed by atoms with van der Waals surface area (Å²) in [6.45, 7) is 10.7. The van der Waals surface area contributed by atoms with Crippen molar-refractivity contribution in [2.24, 2.45) is 0 Å². The van der Waals surface area contributed by atoms with Gasteiger partial charge in [-0.1, -0.05) is 11.8 Å². The van der Waals surface area contributed by atoms with Crippen molar-refractivity contribution in [2.45, 2.75) is 39.4 Å². The van der Waals surface area contributed by atoms with E-state index < -0.39 is 5.60 Å². The van der Waals surface area contributed by atoms with Crippen molar-refractivity contribution in [3.8, 4) is 11.8 Å². The lowest BCUT2D eigenvalue weighted by Crippen LogP contribution is -2.50. The molecule has 0 radical (unpaired) electrons. The van der Waals surface area contributed by atoms with E-state index in [1.54, 1.807) is 12.0 Å². The largest absolute Gasteiger partial charge is 0.618 e. The van der Waals surface area contributed by atoms with Gasteiger partial charge in [-0.2, -0.15) is 4.73 Å². The van der Waals surface area contributed by atoms with Crippen LogP contribution in [0.2, 0.25) is 0 Å². The molecule has 1 amide bonds. The second-order valence-electron chi connectivity index (χ2n) is 7.71. The quantitative estimate of drug-likeness (QED) is 0.399. The van der Waals surface area contributed by atoms with E-state index in [-0.39, 0.29) is 12.2 Å². The van der Waals surface area contributed by atoms with E-state index >= 15 is 0 Å². The smallest absolute Gasteiger partial charge is 0.410 e. The molecule has 0 saturated carbocycles. The van der Waals surface area contributed by atoms with Crippen LogP contribution in [0.5, 0.6) is 0 Å². The van der Waals surface area contributed by atoms with Gasteiger partial charge in [-0.25, -0.2) is 4.79 Å². The molecule has 0 unspecified atom stereocenters. The van der Waals surface area contributed by atoms with Crippen LogP contribution in [0.15, 0.2) is 16.7 Å². The van der Waals surface area contributed by atoms with Crippen LogP contribution in [0, 0.1) is 17.0 Å². The molecule has 8 heteroatoms. The fourth-order valence-electron chi connectivity index (χ4n) is 2.77. The maximum Gasteiger partial charge on any atom is 0.410 e. The van der Waals surface area contributed by atoms with Crippen molar-refractivity contribution in [3.05, 3.63) is 33.2 Å². The molecule has 0 aromatic carbocycles. The van der Waals surface area contributed by atoms with Crippen LogP contribution in [0.4, 0.5) is 4.79 Å². The van der Waals surface area contributed by atoms with E-state index in [0.29, 0.717) is 35.4 Å². The van der Waals surface area contributed by atoms with Crippen molar-refractivity contribution >= 4 is 22.0 Å². The maximum atomic E-state index is 12.2. The van der Waals surface area contributed by atoms with Gasteiger partial charge in [-0.15, -0.1) is 0 Å². The molecule has 0 N–H and O–H groups in total. The number of amides is 1. The van der Waals surface area contributed by atoms with Crippen molar-refractivity contribution in [2.75, 3.05) is 39.8 Å².